The van der Waals surface area contributed by atoms with Crippen molar-refractivity contribution in [2.45, 2.75) is 0 Å². The van der Waals surface area contributed by atoms with Gasteiger partial charge < -0.3 is 4.42 Å². The molecule has 0 radical (unpaired) electrons. The minimum atomic E-state index is 0.622. The van der Waals surface area contributed by atoms with Gasteiger partial charge in [0.15, 0.2) is 17.5 Å². The zero-order valence-electron chi connectivity index (χ0n) is 27.7. The molecule has 3 aromatic heterocycles. The van der Waals surface area contributed by atoms with Crippen LogP contribution in [0.1, 0.15) is 0 Å². The molecule has 11 rings (SSSR count). The van der Waals surface area contributed by atoms with Crippen molar-refractivity contribution in [3.63, 3.8) is 0 Å². The SMILES string of the molecule is c1ccc(-c2cccc3c2oc2c4ccccc4c(-c4nc(-c5ccc6ccccc6c5)nc(-c5ccc6c(c5)sc5ccccc56)n4)cc32)cc1. The summed E-state index contributed by atoms with van der Waals surface area (Å²) in [5.41, 5.74) is 6.75. The summed E-state index contributed by atoms with van der Waals surface area (Å²) in [6.07, 6.45) is 0. The van der Waals surface area contributed by atoms with E-state index >= 15 is 0 Å². The van der Waals surface area contributed by atoms with Crippen LogP contribution in [0.3, 0.4) is 0 Å². The number of hydrogen-bond donors (Lipinski definition) is 0. The second-order valence-corrected chi connectivity index (χ2v) is 14.3. The van der Waals surface area contributed by atoms with Gasteiger partial charge in [0.1, 0.15) is 11.2 Å². The third kappa shape index (κ3) is 4.57. The maximum absolute atomic E-state index is 6.78. The highest BCUT2D eigenvalue weighted by molar-refractivity contribution is 7.25. The van der Waals surface area contributed by atoms with Crippen LogP contribution in [0.5, 0.6) is 0 Å². The minimum absolute atomic E-state index is 0.622. The molecular weight excluding hydrogens is 655 g/mol. The smallest absolute Gasteiger partial charge is 0.164 e. The summed E-state index contributed by atoms with van der Waals surface area (Å²) >= 11 is 1.80. The van der Waals surface area contributed by atoms with Gasteiger partial charge >= 0.3 is 0 Å². The number of hydrogen-bond acceptors (Lipinski definition) is 5. The number of aromatic nitrogens is 3. The van der Waals surface area contributed by atoms with Gasteiger partial charge in [0.25, 0.3) is 0 Å². The number of fused-ring (bicyclic) bond motifs is 9. The van der Waals surface area contributed by atoms with Crippen molar-refractivity contribution in [3.05, 3.63) is 164 Å². The molecule has 0 aliphatic carbocycles. The molecule has 0 unspecified atom stereocenters. The molecule has 3 heterocycles. The van der Waals surface area contributed by atoms with Crippen molar-refractivity contribution in [1.29, 1.82) is 0 Å². The zero-order chi connectivity index (χ0) is 34.2. The molecule has 0 aliphatic rings. The normalized spacial score (nSPS) is 11.8. The highest BCUT2D eigenvalue weighted by Crippen LogP contribution is 2.43. The van der Waals surface area contributed by atoms with Crippen molar-refractivity contribution in [2.75, 3.05) is 0 Å². The second-order valence-electron chi connectivity index (χ2n) is 13.2. The molecule has 0 fully saturated rings. The van der Waals surface area contributed by atoms with E-state index < -0.39 is 0 Å². The molecule has 11 aromatic rings. The molecule has 0 aliphatic heterocycles. The predicted octanol–water partition coefficient (Wildman–Crippen LogP) is 13.1. The molecule has 8 aromatic carbocycles. The predicted molar refractivity (Wildman–Crippen MR) is 217 cm³/mol. The molecule has 0 amide bonds. The lowest BCUT2D eigenvalue weighted by molar-refractivity contribution is 0.674. The van der Waals surface area contributed by atoms with E-state index in [0.717, 1.165) is 65.9 Å². The van der Waals surface area contributed by atoms with Crippen molar-refractivity contribution in [1.82, 2.24) is 15.0 Å². The van der Waals surface area contributed by atoms with Gasteiger partial charge in [0, 0.05) is 58.6 Å². The lowest BCUT2D eigenvalue weighted by atomic mass is 9.98. The Morgan fingerprint density at radius 3 is 1.85 bits per heavy atom. The summed E-state index contributed by atoms with van der Waals surface area (Å²) in [5, 5.41) is 8.96. The van der Waals surface area contributed by atoms with Gasteiger partial charge in [-0.15, -0.1) is 11.3 Å². The van der Waals surface area contributed by atoms with Crippen molar-refractivity contribution in [3.8, 4) is 45.3 Å². The van der Waals surface area contributed by atoms with Gasteiger partial charge in [-0.1, -0.05) is 140 Å². The highest BCUT2D eigenvalue weighted by atomic mass is 32.1. The lowest BCUT2D eigenvalue weighted by Gasteiger charge is -2.11. The molecule has 52 heavy (non-hydrogen) atoms. The van der Waals surface area contributed by atoms with E-state index in [1.165, 1.54) is 25.6 Å². The van der Waals surface area contributed by atoms with Crippen LogP contribution in [-0.4, -0.2) is 15.0 Å². The standard InChI is InChI=1S/C47H27N3OS/c1-2-12-29(13-3-1)33-18-10-19-38-39-27-40(34-15-6-7-17-37(34)44(39)51-43(33)38)47-49-45(31-22-21-28-11-4-5-14-30(28)25-31)48-46(50-47)32-23-24-36-35-16-8-9-20-41(35)52-42(36)26-32/h1-27H. The van der Waals surface area contributed by atoms with Gasteiger partial charge in [-0.2, -0.15) is 0 Å². The van der Waals surface area contributed by atoms with Crippen molar-refractivity contribution in [2.24, 2.45) is 0 Å². The summed E-state index contributed by atoms with van der Waals surface area (Å²) < 4.78 is 9.26. The average molecular weight is 682 g/mol. The molecule has 0 bridgehead atoms. The van der Waals surface area contributed by atoms with Crippen molar-refractivity contribution < 1.29 is 4.42 Å². The van der Waals surface area contributed by atoms with Gasteiger partial charge in [-0.3, -0.25) is 0 Å². The van der Waals surface area contributed by atoms with Crippen molar-refractivity contribution >= 4 is 75.0 Å². The number of benzene rings is 8. The Morgan fingerprint density at radius 1 is 0.346 bits per heavy atom. The lowest BCUT2D eigenvalue weighted by Crippen LogP contribution is -2.00. The summed E-state index contributed by atoms with van der Waals surface area (Å²) in [7, 11) is 0. The Bertz CT molecular complexity index is 3200. The van der Waals surface area contributed by atoms with Crippen LogP contribution in [0.15, 0.2) is 168 Å². The second kappa shape index (κ2) is 11.4. The summed E-state index contributed by atoms with van der Waals surface area (Å²) in [4.78, 5) is 15.7. The number of rotatable bonds is 4. The maximum Gasteiger partial charge on any atom is 0.164 e. The van der Waals surface area contributed by atoms with E-state index in [4.69, 9.17) is 19.4 Å². The fourth-order valence-corrected chi connectivity index (χ4v) is 8.74. The number of nitrogens with zero attached hydrogens (tertiary/aromatic N) is 3. The first-order valence-electron chi connectivity index (χ1n) is 17.3. The number of furan rings is 1. The van der Waals surface area contributed by atoms with Crippen LogP contribution in [0.2, 0.25) is 0 Å². The van der Waals surface area contributed by atoms with Crippen LogP contribution in [0, 0.1) is 0 Å². The average Bonchev–Trinajstić information content (AvgIpc) is 3.79. The Morgan fingerprint density at radius 2 is 0.981 bits per heavy atom. The molecular formula is C47H27N3OS. The van der Waals surface area contributed by atoms with Crippen LogP contribution >= 0.6 is 11.3 Å². The molecule has 0 saturated carbocycles. The Kier molecular flexibility index (Phi) is 6.39. The molecule has 242 valence electrons. The fourth-order valence-electron chi connectivity index (χ4n) is 7.60. The summed E-state index contributed by atoms with van der Waals surface area (Å²) in [6, 6.07) is 57.4. The Balaban J connectivity index is 1.18. The van der Waals surface area contributed by atoms with Gasteiger partial charge in [-0.05, 0) is 46.0 Å². The van der Waals surface area contributed by atoms with Crippen LogP contribution < -0.4 is 0 Å². The maximum atomic E-state index is 6.78. The topological polar surface area (TPSA) is 51.8 Å². The molecule has 0 saturated heterocycles. The third-order valence-corrected chi connectivity index (χ3v) is 11.2. The van der Waals surface area contributed by atoms with Crippen LogP contribution in [0.25, 0.3) is 109 Å². The number of para-hydroxylation sites is 1. The third-order valence-electron chi connectivity index (χ3n) is 10.1. The molecule has 0 N–H and O–H groups in total. The first kappa shape index (κ1) is 29.1. The van der Waals surface area contributed by atoms with Gasteiger partial charge in [0.05, 0.1) is 0 Å². The van der Waals surface area contributed by atoms with Crippen LogP contribution in [-0.2, 0) is 0 Å². The first-order chi connectivity index (χ1) is 25.7. The van der Waals surface area contributed by atoms with Gasteiger partial charge in [-0.25, -0.2) is 15.0 Å². The summed E-state index contributed by atoms with van der Waals surface area (Å²) in [6.45, 7) is 0. The zero-order valence-corrected chi connectivity index (χ0v) is 28.6. The molecule has 0 spiro atoms. The fraction of sp³-hybridized carbons (Fsp3) is 0. The van der Waals surface area contributed by atoms with Crippen LogP contribution in [0.4, 0.5) is 0 Å². The number of thiophene rings is 1. The quantitative estimate of drug-likeness (QED) is 0.185. The van der Waals surface area contributed by atoms with Gasteiger partial charge in [0.2, 0.25) is 0 Å². The largest absolute Gasteiger partial charge is 0.455 e. The van der Waals surface area contributed by atoms with E-state index in [0.29, 0.717) is 17.5 Å². The van der Waals surface area contributed by atoms with E-state index in [-0.39, 0.29) is 0 Å². The molecule has 0 atom stereocenters. The van der Waals surface area contributed by atoms with E-state index in [1.807, 2.05) is 6.07 Å². The minimum Gasteiger partial charge on any atom is -0.455 e. The Hall–Kier alpha value is -6.69. The van der Waals surface area contributed by atoms with E-state index in [2.05, 4.69) is 158 Å². The first-order valence-corrected chi connectivity index (χ1v) is 18.2. The highest BCUT2D eigenvalue weighted by Gasteiger charge is 2.20. The molecule has 5 heteroatoms. The Labute approximate surface area is 302 Å². The monoisotopic (exact) mass is 681 g/mol. The summed E-state index contributed by atoms with van der Waals surface area (Å²) in [5.74, 6) is 1.89. The van der Waals surface area contributed by atoms with E-state index in [1.54, 1.807) is 11.3 Å². The van der Waals surface area contributed by atoms with E-state index in [9.17, 15) is 0 Å². The molecule has 4 nitrogen and oxygen atoms in total.